The molecule has 1 N–H and O–H groups in total. The standard InChI is InChI=1S/C65H50N2Si/c1-46-16-15-25-59(42-46)68(56-21-7-3-8-22-56,57-23-9-4-10-24-57)58-38-33-50(34-39-58)61-44-52(35-40-63(61)66-54-37-32-47-17-11-12-18-51(47)43-54)48-28-30-49(31-29-48)53-36-41-65-62(45-53)60-26-13-14-27-64(60)67(65)55-19-5-2-6-20-55/h2-15,17-46,66H,16H2,1H3. The minimum absolute atomic E-state index is 0.478. The Kier molecular flexibility index (Phi) is 10.6. The van der Waals surface area contributed by atoms with E-state index in [0.717, 1.165) is 23.4 Å². The number of aromatic nitrogens is 1. The summed E-state index contributed by atoms with van der Waals surface area (Å²) in [5, 5.41) is 14.4. The highest BCUT2D eigenvalue weighted by atomic mass is 28.3. The summed E-state index contributed by atoms with van der Waals surface area (Å²) >= 11 is 0. The van der Waals surface area contributed by atoms with Crippen LogP contribution in [0.2, 0.25) is 0 Å². The van der Waals surface area contributed by atoms with E-state index in [0.29, 0.717) is 5.92 Å². The normalized spacial score (nSPS) is 13.8. The molecule has 0 saturated heterocycles. The van der Waals surface area contributed by atoms with Crippen molar-refractivity contribution in [2.45, 2.75) is 13.3 Å². The summed E-state index contributed by atoms with van der Waals surface area (Å²) in [5.41, 5.74) is 12.8. The van der Waals surface area contributed by atoms with Crippen molar-refractivity contribution in [2.75, 3.05) is 5.32 Å². The van der Waals surface area contributed by atoms with Crippen LogP contribution in [0.25, 0.3) is 71.6 Å². The molecule has 2 nitrogen and oxygen atoms in total. The largest absolute Gasteiger partial charge is 0.355 e. The second-order valence-corrected chi connectivity index (χ2v) is 22.1. The maximum Gasteiger partial charge on any atom is 0.179 e. The molecule has 68 heavy (non-hydrogen) atoms. The van der Waals surface area contributed by atoms with Crippen LogP contribution in [0.1, 0.15) is 13.3 Å². The summed E-state index contributed by atoms with van der Waals surface area (Å²) in [6.45, 7) is 2.35. The van der Waals surface area contributed by atoms with Gasteiger partial charge in [-0.25, -0.2) is 0 Å². The average Bonchev–Trinajstić information content (AvgIpc) is 3.74. The first-order chi connectivity index (χ1) is 33.6. The molecular weight excluding hydrogens is 837 g/mol. The van der Waals surface area contributed by atoms with Gasteiger partial charge >= 0.3 is 0 Å². The molecule has 12 rings (SSSR count). The molecule has 10 aromatic carbocycles. The molecule has 324 valence electrons. The number of nitrogens with zero attached hydrogens (tertiary/aromatic N) is 1. The van der Waals surface area contributed by atoms with E-state index in [1.165, 1.54) is 86.8 Å². The first-order valence-corrected chi connectivity index (χ1v) is 25.8. The van der Waals surface area contributed by atoms with Crippen LogP contribution in [0.5, 0.6) is 0 Å². The molecular formula is C65H50N2Si. The summed E-state index contributed by atoms with van der Waals surface area (Å²) < 4.78 is 2.37. The van der Waals surface area contributed by atoms with Gasteiger partial charge in [0.15, 0.2) is 8.07 Å². The van der Waals surface area contributed by atoms with Crippen molar-refractivity contribution < 1.29 is 0 Å². The van der Waals surface area contributed by atoms with Gasteiger partial charge in [-0.1, -0.05) is 213 Å². The van der Waals surface area contributed by atoms with Crippen LogP contribution in [-0.2, 0) is 0 Å². The van der Waals surface area contributed by atoms with Gasteiger partial charge in [-0.3, -0.25) is 0 Å². The van der Waals surface area contributed by atoms with Gasteiger partial charge in [-0.15, -0.1) is 0 Å². The Hall–Kier alpha value is -8.24. The fourth-order valence-corrected chi connectivity index (χ4v) is 15.7. The van der Waals surface area contributed by atoms with Crippen LogP contribution in [0.15, 0.2) is 266 Å². The summed E-state index contributed by atoms with van der Waals surface area (Å²) in [5.74, 6) is 0.478. The van der Waals surface area contributed by atoms with E-state index in [1.54, 1.807) is 0 Å². The van der Waals surface area contributed by atoms with Gasteiger partial charge in [0.05, 0.1) is 11.0 Å². The van der Waals surface area contributed by atoms with Crippen molar-refractivity contribution in [3.8, 4) is 39.1 Å². The average molecular weight is 887 g/mol. The van der Waals surface area contributed by atoms with Crippen molar-refractivity contribution in [3.63, 3.8) is 0 Å². The van der Waals surface area contributed by atoms with Gasteiger partial charge in [0.2, 0.25) is 0 Å². The summed E-state index contributed by atoms with van der Waals surface area (Å²) in [7, 11) is -2.67. The first-order valence-electron chi connectivity index (χ1n) is 23.8. The number of rotatable bonds is 10. The van der Waals surface area contributed by atoms with E-state index >= 15 is 0 Å². The van der Waals surface area contributed by atoms with Crippen LogP contribution >= 0.6 is 0 Å². The summed E-state index contributed by atoms with van der Waals surface area (Å²) in [6, 6.07) is 89.5. The minimum Gasteiger partial charge on any atom is -0.355 e. The first kappa shape index (κ1) is 41.2. The fourth-order valence-electron chi connectivity index (χ4n) is 10.7. The number of hydrogen-bond acceptors (Lipinski definition) is 1. The lowest BCUT2D eigenvalue weighted by Crippen LogP contribution is -2.68. The molecule has 1 unspecified atom stereocenters. The second-order valence-electron chi connectivity index (χ2n) is 18.2. The number of para-hydroxylation sites is 2. The van der Waals surface area contributed by atoms with Crippen molar-refractivity contribution in [3.05, 3.63) is 266 Å². The van der Waals surface area contributed by atoms with Gasteiger partial charge in [0, 0.05) is 33.4 Å². The summed E-state index contributed by atoms with van der Waals surface area (Å²) in [6.07, 6.45) is 8.42. The quantitative estimate of drug-likeness (QED) is 0.107. The zero-order valence-electron chi connectivity index (χ0n) is 38.1. The maximum absolute atomic E-state index is 3.85. The SMILES string of the molecule is CC1C=C([Si](c2ccccc2)(c2ccccc2)c2ccc(-c3cc(-c4ccc(-c5ccc6c(c5)c5ccccc5n6-c5ccccc5)cc4)ccc3Nc3ccc4ccccc4c3)cc2)C=CC1. The van der Waals surface area contributed by atoms with Gasteiger partial charge in [0.25, 0.3) is 0 Å². The third-order valence-electron chi connectivity index (χ3n) is 14.0. The number of anilines is 2. The van der Waals surface area contributed by atoms with Crippen LogP contribution in [0, 0.1) is 5.92 Å². The molecule has 11 aromatic rings. The fraction of sp³-hybridized carbons (Fsp3) is 0.0462. The smallest absolute Gasteiger partial charge is 0.179 e. The van der Waals surface area contributed by atoms with Crippen molar-refractivity contribution in [1.29, 1.82) is 0 Å². The molecule has 0 aliphatic heterocycles. The molecule has 3 heteroatoms. The molecule has 0 radical (unpaired) electrons. The van der Waals surface area contributed by atoms with E-state index < -0.39 is 8.07 Å². The zero-order valence-corrected chi connectivity index (χ0v) is 39.1. The number of benzene rings is 10. The molecule has 1 aliphatic carbocycles. The van der Waals surface area contributed by atoms with Crippen LogP contribution in [-0.4, -0.2) is 12.6 Å². The Morgan fingerprint density at radius 1 is 0.441 bits per heavy atom. The second kappa shape index (κ2) is 17.5. The lowest BCUT2D eigenvalue weighted by Gasteiger charge is -2.36. The third kappa shape index (κ3) is 7.38. The Labute approximate surface area is 399 Å². The highest BCUT2D eigenvalue weighted by molar-refractivity contribution is 7.16. The monoisotopic (exact) mass is 886 g/mol. The van der Waals surface area contributed by atoms with Crippen molar-refractivity contribution in [1.82, 2.24) is 4.57 Å². The third-order valence-corrected chi connectivity index (χ3v) is 18.8. The molecule has 1 aromatic heterocycles. The predicted octanol–water partition coefficient (Wildman–Crippen LogP) is 15.2. The predicted molar refractivity (Wildman–Crippen MR) is 293 cm³/mol. The minimum atomic E-state index is -2.67. The van der Waals surface area contributed by atoms with Gasteiger partial charge in [-0.05, 0) is 126 Å². The Morgan fingerprint density at radius 2 is 1.00 bits per heavy atom. The van der Waals surface area contributed by atoms with Crippen LogP contribution < -0.4 is 20.9 Å². The molecule has 0 fully saturated rings. The molecule has 0 bridgehead atoms. The highest BCUT2D eigenvalue weighted by Crippen LogP contribution is 2.38. The van der Waals surface area contributed by atoms with E-state index in [1.807, 2.05) is 0 Å². The Morgan fingerprint density at radius 3 is 1.71 bits per heavy atom. The van der Waals surface area contributed by atoms with Crippen molar-refractivity contribution >= 4 is 67.6 Å². The molecule has 0 spiro atoms. The zero-order chi connectivity index (χ0) is 45.4. The van der Waals surface area contributed by atoms with Gasteiger partial charge in [0.1, 0.15) is 0 Å². The molecule has 0 amide bonds. The molecule has 0 saturated carbocycles. The van der Waals surface area contributed by atoms with E-state index in [4.69, 9.17) is 0 Å². The lowest BCUT2D eigenvalue weighted by molar-refractivity contribution is 0.734. The highest BCUT2D eigenvalue weighted by Gasteiger charge is 2.42. The topological polar surface area (TPSA) is 17.0 Å². The van der Waals surface area contributed by atoms with E-state index in [2.05, 4.69) is 278 Å². The maximum atomic E-state index is 3.85. The van der Waals surface area contributed by atoms with Gasteiger partial charge in [-0.2, -0.15) is 0 Å². The number of nitrogens with one attached hydrogen (secondary N) is 1. The van der Waals surface area contributed by atoms with Crippen LogP contribution in [0.3, 0.4) is 0 Å². The Balaban J connectivity index is 0.949. The van der Waals surface area contributed by atoms with Gasteiger partial charge < -0.3 is 9.88 Å². The Bertz CT molecular complexity index is 3620. The molecule has 1 heterocycles. The molecule has 1 atom stereocenters. The van der Waals surface area contributed by atoms with E-state index in [9.17, 15) is 0 Å². The number of hydrogen-bond donors (Lipinski definition) is 1. The number of allylic oxidation sites excluding steroid dienone is 4. The summed E-state index contributed by atoms with van der Waals surface area (Å²) in [4.78, 5) is 0. The van der Waals surface area contributed by atoms with E-state index in [-0.39, 0.29) is 0 Å². The lowest BCUT2D eigenvalue weighted by atomic mass is 9.95. The molecule has 1 aliphatic rings. The van der Waals surface area contributed by atoms with Crippen LogP contribution in [0.4, 0.5) is 11.4 Å². The number of fused-ring (bicyclic) bond motifs is 4. The van der Waals surface area contributed by atoms with Crippen molar-refractivity contribution in [2.24, 2.45) is 5.92 Å².